The zero-order chi connectivity index (χ0) is 24.2. The van der Waals surface area contributed by atoms with Crippen molar-refractivity contribution in [3.8, 4) is 0 Å². The summed E-state index contributed by atoms with van der Waals surface area (Å²) < 4.78 is 44.3. The number of rotatable bonds is 4. The summed E-state index contributed by atoms with van der Waals surface area (Å²) in [4.78, 5) is 19.8. The number of ether oxygens (including phenoxy) is 1. The third-order valence-electron chi connectivity index (χ3n) is 6.57. The van der Waals surface area contributed by atoms with E-state index in [9.17, 15) is 18.0 Å². The molecule has 0 radical (unpaired) electrons. The molecular formula is C23H21ClF3N5O2. The zero-order valence-corrected chi connectivity index (χ0v) is 19.0. The lowest BCUT2D eigenvalue weighted by atomic mass is 9.89. The van der Waals surface area contributed by atoms with Gasteiger partial charge in [0.1, 0.15) is 5.82 Å². The molecule has 5 rings (SSSR count). The number of benzene rings is 1. The Balaban J connectivity index is 1.54. The normalized spacial score (nSPS) is 16.9. The molecule has 0 saturated heterocycles. The van der Waals surface area contributed by atoms with Gasteiger partial charge in [0.05, 0.1) is 41.1 Å². The van der Waals surface area contributed by atoms with E-state index in [2.05, 4.69) is 15.2 Å². The van der Waals surface area contributed by atoms with Gasteiger partial charge in [0.2, 0.25) is 0 Å². The zero-order valence-electron chi connectivity index (χ0n) is 18.2. The number of hydrogen-bond donors (Lipinski definition) is 1. The molecule has 11 heteroatoms. The summed E-state index contributed by atoms with van der Waals surface area (Å²) in [5.41, 5.74) is 7.78. The molecule has 3 aromatic rings. The van der Waals surface area contributed by atoms with Crippen molar-refractivity contribution in [1.82, 2.24) is 20.1 Å². The molecule has 2 aliphatic rings. The van der Waals surface area contributed by atoms with Crippen LogP contribution in [0.3, 0.4) is 0 Å². The van der Waals surface area contributed by atoms with Crippen LogP contribution < -0.4 is 5.73 Å². The maximum Gasteiger partial charge on any atom is 0.435 e. The van der Waals surface area contributed by atoms with Gasteiger partial charge in [-0.2, -0.15) is 18.3 Å². The summed E-state index contributed by atoms with van der Waals surface area (Å²) >= 11 is 6.52. The van der Waals surface area contributed by atoms with E-state index in [-0.39, 0.29) is 28.2 Å². The number of nitrogens with zero attached hydrogens (tertiary/aromatic N) is 4. The molecule has 1 saturated carbocycles. The fourth-order valence-electron chi connectivity index (χ4n) is 4.48. The Morgan fingerprint density at radius 2 is 1.94 bits per heavy atom. The molecule has 2 aromatic heterocycles. The minimum atomic E-state index is -4.59. The maximum absolute atomic E-state index is 13.8. The second-order valence-corrected chi connectivity index (χ2v) is 9.02. The van der Waals surface area contributed by atoms with Crippen molar-refractivity contribution in [2.24, 2.45) is 0 Å². The van der Waals surface area contributed by atoms with Crippen LogP contribution in [0.5, 0.6) is 0 Å². The Kier molecular flexibility index (Phi) is 5.60. The quantitative estimate of drug-likeness (QED) is 0.548. The highest BCUT2D eigenvalue weighted by Crippen LogP contribution is 2.38. The summed E-state index contributed by atoms with van der Waals surface area (Å²) in [7, 11) is 0. The van der Waals surface area contributed by atoms with Crippen molar-refractivity contribution in [3.63, 3.8) is 0 Å². The predicted molar refractivity (Wildman–Crippen MR) is 119 cm³/mol. The number of aromatic nitrogens is 3. The van der Waals surface area contributed by atoms with Crippen LogP contribution in [0.4, 0.5) is 19.0 Å². The SMILES string of the molecule is C[C@H](c1ccc(C(F)(F)F)nn1)N(C(=O)c1cc2c3c(c(N)nc2cc1Cl)COC3)C1CCC1. The molecule has 3 heterocycles. The van der Waals surface area contributed by atoms with Crippen LogP contribution in [-0.4, -0.2) is 32.0 Å². The molecule has 0 unspecified atom stereocenters. The Morgan fingerprint density at radius 1 is 1.21 bits per heavy atom. The highest BCUT2D eigenvalue weighted by atomic mass is 35.5. The van der Waals surface area contributed by atoms with Crippen LogP contribution in [0.2, 0.25) is 5.02 Å². The monoisotopic (exact) mass is 491 g/mol. The van der Waals surface area contributed by atoms with E-state index in [1.807, 2.05) is 0 Å². The second-order valence-electron chi connectivity index (χ2n) is 8.61. The largest absolute Gasteiger partial charge is 0.435 e. The van der Waals surface area contributed by atoms with Gasteiger partial charge >= 0.3 is 6.18 Å². The number of amides is 1. The maximum atomic E-state index is 13.8. The molecule has 178 valence electrons. The number of alkyl halides is 3. The molecular weight excluding hydrogens is 471 g/mol. The van der Waals surface area contributed by atoms with Crippen molar-refractivity contribution >= 4 is 34.2 Å². The number of carbonyl (C=O) groups excluding carboxylic acids is 1. The number of hydrogen-bond acceptors (Lipinski definition) is 6. The standard InChI is InChI=1S/C23H21ClF3N5O2/c1-11(18-5-6-20(31-30-18)23(25,26)27)32(12-3-2-4-12)22(33)14-7-13-15-9-34-10-16(15)21(28)29-19(13)8-17(14)24/h5-8,11-12H,2-4,9-10H2,1H3,(H2,28,29)/t11-/m1/s1. The molecule has 1 amide bonds. The molecule has 34 heavy (non-hydrogen) atoms. The molecule has 2 N–H and O–H groups in total. The number of anilines is 1. The summed E-state index contributed by atoms with van der Waals surface area (Å²) in [6.07, 6.45) is -2.05. The molecule has 1 fully saturated rings. The summed E-state index contributed by atoms with van der Waals surface area (Å²) in [6.45, 7) is 2.45. The van der Waals surface area contributed by atoms with E-state index in [1.54, 1.807) is 24.0 Å². The lowest BCUT2D eigenvalue weighted by Crippen LogP contribution is -2.46. The first kappa shape index (κ1) is 22.8. The number of pyridine rings is 1. The van der Waals surface area contributed by atoms with Gasteiger partial charge in [0.15, 0.2) is 5.69 Å². The first-order valence-electron chi connectivity index (χ1n) is 10.9. The second kappa shape index (κ2) is 8.35. The minimum absolute atomic E-state index is 0.0723. The van der Waals surface area contributed by atoms with E-state index >= 15 is 0 Å². The third kappa shape index (κ3) is 3.84. The van der Waals surface area contributed by atoms with E-state index in [1.165, 1.54) is 6.07 Å². The first-order valence-corrected chi connectivity index (χ1v) is 11.2. The van der Waals surface area contributed by atoms with Crippen molar-refractivity contribution in [2.45, 2.75) is 57.7 Å². The van der Waals surface area contributed by atoms with Gasteiger partial charge < -0.3 is 15.4 Å². The number of nitrogen functional groups attached to an aromatic ring is 1. The Hall–Kier alpha value is -2.98. The lowest BCUT2D eigenvalue weighted by Gasteiger charge is -2.41. The van der Waals surface area contributed by atoms with Gasteiger partial charge in [0.25, 0.3) is 5.91 Å². The van der Waals surface area contributed by atoms with Gasteiger partial charge in [-0.1, -0.05) is 11.6 Å². The topological polar surface area (TPSA) is 94.2 Å². The van der Waals surface area contributed by atoms with Crippen LogP contribution in [0.25, 0.3) is 10.9 Å². The molecule has 1 aromatic carbocycles. The summed E-state index contributed by atoms with van der Waals surface area (Å²) in [5, 5.41) is 8.06. The fourth-order valence-corrected chi connectivity index (χ4v) is 4.72. The highest BCUT2D eigenvalue weighted by Gasteiger charge is 2.37. The highest BCUT2D eigenvalue weighted by molar-refractivity contribution is 6.34. The molecule has 0 spiro atoms. The van der Waals surface area contributed by atoms with Crippen LogP contribution in [0.1, 0.15) is 65.1 Å². The third-order valence-corrected chi connectivity index (χ3v) is 6.88. The average molecular weight is 492 g/mol. The number of fused-ring (bicyclic) bond motifs is 3. The van der Waals surface area contributed by atoms with E-state index in [0.29, 0.717) is 24.5 Å². The number of carbonyl (C=O) groups is 1. The number of nitrogens with two attached hydrogens (primary N) is 1. The Morgan fingerprint density at radius 3 is 2.56 bits per heavy atom. The van der Waals surface area contributed by atoms with Crippen molar-refractivity contribution in [2.75, 3.05) is 5.73 Å². The van der Waals surface area contributed by atoms with Crippen molar-refractivity contribution < 1.29 is 22.7 Å². The van der Waals surface area contributed by atoms with Crippen LogP contribution in [0.15, 0.2) is 24.3 Å². The summed E-state index contributed by atoms with van der Waals surface area (Å²) in [6, 6.07) is 4.79. The Labute approximate surface area is 198 Å². The van der Waals surface area contributed by atoms with Gasteiger partial charge in [-0.3, -0.25) is 4.79 Å². The van der Waals surface area contributed by atoms with Gasteiger partial charge in [-0.15, -0.1) is 5.10 Å². The van der Waals surface area contributed by atoms with Crippen molar-refractivity contribution in [1.29, 1.82) is 0 Å². The fraction of sp³-hybridized carbons (Fsp3) is 0.391. The van der Waals surface area contributed by atoms with Gasteiger partial charge in [-0.05, 0) is 56.0 Å². The van der Waals surface area contributed by atoms with Gasteiger partial charge in [-0.25, -0.2) is 4.98 Å². The van der Waals surface area contributed by atoms with Crippen LogP contribution >= 0.6 is 11.6 Å². The van der Waals surface area contributed by atoms with Crippen LogP contribution in [0, 0.1) is 0 Å². The molecule has 1 aliphatic carbocycles. The lowest BCUT2D eigenvalue weighted by molar-refractivity contribution is -0.141. The predicted octanol–water partition coefficient (Wildman–Crippen LogP) is 5.07. The van der Waals surface area contributed by atoms with E-state index in [4.69, 9.17) is 22.1 Å². The number of halogens is 4. The molecule has 7 nitrogen and oxygen atoms in total. The molecule has 1 atom stereocenters. The minimum Gasteiger partial charge on any atom is -0.383 e. The molecule has 0 bridgehead atoms. The first-order chi connectivity index (χ1) is 16.1. The van der Waals surface area contributed by atoms with Gasteiger partial charge in [0, 0.05) is 17.0 Å². The van der Waals surface area contributed by atoms with Crippen molar-refractivity contribution in [3.05, 3.63) is 57.4 Å². The average Bonchev–Trinajstić information content (AvgIpc) is 3.25. The Bertz CT molecular complexity index is 1280. The summed E-state index contributed by atoms with van der Waals surface area (Å²) in [5.74, 6) is 0.0519. The molecule has 1 aliphatic heterocycles. The smallest absolute Gasteiger partial charge is 0.383 e. The van der Waals surface area contributed by atoms with Crippen LogP contribution in [-0.2, 0) is 24.1 Å². The van der Waals surface area contributed by atoms with E-state index < -0.39 is 17.9 Å². The van der Waals surface area contributed by atoms with E-state index in [0.717, 1.165) is 41.8 Å².